The van der Waals surface area contributed by atoms with Crippen LogP contribution in [0.2, 0.25) is 0 Å². The van der Waals surface area contributed by atoms with Crippen LogP contribution >= 0.6 is 0 Å². The monoisotopic (exact) mass is 222 g/mol. The molecule has 2 heterocycles. The van der Waals surface area contributed by atoms with Crippen LogP contribution in [0.3, 0.4) is 0 Å². The molecule has 84 valence electrons. The van der Waals surface area contributed by atoms with E-state index in [4.69, 9.17) is 9.47 Å². The maximum atomic E-state index is 11.0. The highest BCUT2D eigenvalue weighted by atomic mass is 16.7. The number of cyclic esters (lactones) is 2. The topological polar surface area (TPSA) is 77.5 Å². The molecule has 0 bridgehead atoms. The number of nitrogens with one attached hydrogen (secondary N) is 1. The standard InChI is InChI=1S/C10H10N2O4/c1-6-3-2-4-7(11-6)12-10-15-8(13)5-9(14)16-10/h2-4,10H,5H2,1H3,(H,11,12). The number of carbonyl (C=O) groups excluding carboxylic acids is 2. The molecular formula is C10H10N2O4. The van der Waals surface area contributed by atoms with Gasteiger partial charge in [0.05, 0.1) is 0 Å². The lowest BCUT2D eigenvalue weighted by atomic mass is 10.4. The van der Waals surface area contributed by atoms with Gasteiger partial charge >= 0.3 is 18.4 Å². The first-order valence-electron chi connectivity index (χ1n) is 4.72. The summed E-state index contributed by atoms with van der Waals surface area (Å²) in [6.45, 7) is 1.82. The number of ether oxygens (including phenoxy) is 2. The first-order chi connectivity index (χ1) is 7.63. The van der Waals surface area contributed by atoms with Gasteiger partial charge in [0.2, 0.25) is 0 Å². The molecule has 0 aliphatic carbocycles. The van der Waals surface area contributed by atoms with E-state index in [0.29, 0.717) is 5.82 Å². The predicted molar refractivity (Wildman–Crippen MR) is 53.2 cm³/mol. The Labute approximate surface area is 91.6 Å². The van der Waals surface area contributed by atoms with E-state index in [1.54, 1.807) is 12.1 Å². The smallest absolute Gasteiger partial charge is 0.330 e. The van der Waals surface area contributed by atoms with Gasteiger partial charge in [-0.1, -0.05) is 6.07 Å². The Hall–Kier alpha value is -2.11. The molecule has 1 aromatic rings. The van der Waals surface area contributed by atoms with Gasteiger partial charge < -0.3 is 14.8 Å². The van der Waals surface area contributed by atoms with Gasteiger partial charge in [0.15, 0.2) is 0 Å². The van der Waals surface area contributed by atoms with E-state index < -0.39 is 18.4 Å². The summed E-state index contributed by atoms with van der Waals surface area (Å²) < 4.78 is 9.53. The number of esters is 2. The molecule has 1 aliphatic rings. The van der Waals surface area contributed by atoms with E-state index in [2.05, 4.69) is 10.3 Å². The fourth-order valence-electron chi connectivity index (χ4n) is 1.27. The van der Waals surface area contributed by atoms with Crippen LogP contribution in [0.5, 0.6) is 0 Å². The zero-order valence-electron chi connectivity index (χ0n) is 8.60. The van der Waals surface area contributed by atoms with Crippen molar-refractivity contribution >= 4 is 17.8 Å². The largest absolute Gasteiger partial charge is 0.406 e. The second kappa shape index (κ2) is 4.18. The number of hydrogen-bond acceptors (Lipinski definition) is 6. The molecular weight excluding hydrogens is 212 g/mol. The minimum absolute atomic E-state index is 0.348. The predicted octanol–water partition coefficient (Wildman–Crippen LogP) is 0.576. The van der Waals surface area contributed by atoms with Crippen LogP contribution < -0.4 is 5.32 Å². The number of rotatable bonds is 2. The van der Waals surface area contributed by atoms with Crippen molar-refractivity contribution in [2.75, 3.05) is 5.32 Å². The van der Waals surface area contributed by atoms with Gasteiger partial charge in [-0.3, -0.25) is 9.59 Å². The maximum absolute atomic E-state index is 11.0. The van der Waals surface area contributed by atoms with E-state index >= 15 is 0 Å². The Morgan fingerprint density at radius 1 is 1.31 bits per heavy atom. The molecule has 1 aliphatic heterocycles. The first-order valence-corrected chi connectivity index (χ1v) is 4.72. The van der Waals surface area contributed by atoms with E-state index in [9.17, 15) is 9.59 Å². The molecule has 0 spiro atoms. The second-order valence-corrected chi connectivity index (χ2v) is 3.30. The molecule has 0 radical (unpaired) electrons. The molecule has 0 saturated carbocycles. The Bertz CT molecular complexity index is 417. The summed E-state index contributed by atoms with van der Waals surface area (Å²) >= 11 is 0. The Kier molecular flexibility index (Phi) is 2.72. The number of aromatic nitrogens is 1. The maximum Gasteiger partial charge on any atom is 0.330 e. The first kappa shape index (κ1) is 10.4. The van der Waals surface area contributed by atoms with E-state index in [1.807, 2.05) is 13.0 Å². The summed E-state index contributed by atoms with van der Waals surface area (Å²) in [7, 11) is 0. The lowest BCUT2D eigenvalue weighted by molar-refractivity contribution is -0.197. The molecule has 0 aromatic carbocycles. The van der Waals surface area contributed by atoms with Crippen molar-refractivity contribution in [3.8, 4) is 0 Å². The van der Waals surface area contributed by atoms with E-state index in [1.165, 1.54) is 0 Å². The van der Waals surface area contributed by atoms with Crippen LogP contribution in [-0.2, 0) is 19.1 Å². The highest BCUT2D eigenvalue weighted by molar-refractivity contribution is 5.92. The van der Waals surface area contributed by atoms with Gasteiger partial charge in [-0.25, -0.2) is 4.98 Å². The third-order valence-corrected chi connectivity index (χ3v) is 1.92. The molecule has 0 unspecified atom stereocenters. The quantitative estimate of drug-likeness (QED) is 0.582. The highest BCUT2D eigenvalue weighted by Crippen LogP contribution is 2.12. The van der Waals surface area contributed by atoms with Crippen molar-refractivity contribution in [3.63, 3.8) is 0 Å². The van der Waals surface area contributed by atoms with Crippen LogP contribution in [0.1, 0.15) is 12.1 Å². The van der Waals surface area contributed by atoms with Gasteiger partial charge in [-0.05, 0) is 19.1 Å². The summed E-state index contributed by atoms with van der Waals surface area (Å²) in [5, 5.41) is 2.69. The van der Waals surface area contributed by atoms with Gasteiger partial charge in [-0.15, -0.1) is 0 Å². The molecule has 1 aromatic heterocycles. The summed E-state index contributed by atoms with van der Waals surface area (Å²) in [5.74, 6) is -0.740. The average molecular weight is 222 g/mol. The van der Waals surface area contributed by atoms with Crippen molar-refractivity contribution in [2.24, 2.45) is 0 Å². The molecule has 1 N–H and O–H groups in total. The van der Waals surface area contributed by atoms with Crippen LogP contribution in [0.25, 0.3) is 0 Å². The van der Waals surface area contributed by atoms with Gasteiger partial charge in [0.25, 0.3) is 0 Å². The van der Waals surface area contributed by atoms with Crippen molar-refractivity contribution in [1.82, 2.24) is 4.98 Å². The average Bonchev–Trinajstić information content (AvgIpc) is 2.15. The van der Waals surface area contributed by atoms with Crippen LogP contribution in [-0.4, -0.2) is 23.3 Å². The molecule has 16 heavy (non-hydrogen) atoms. The summed E-state index contributed by atoms with van der Waals surface area (Å²) in [4.78, 5) is 26.0. The number of anilines is 1. The van der Waals surface area contributed by atoms with E-state index in [-0.39, 0.29) is 6.42 Å². The number of pyridine rings is 1. The third-order valence-electron chi connectivity index (χ3n) is 1.92. The summed E-state index contributed by atoms with van der Waals surface area (Å²) in [6.07, 6.45) is -1.44. The zero-order chi connectivity index (χ0) is 11.5. The van der Waals surface area contributed by atoms with Crippen molar-refractivity contribution < 1.29 is 19.1 Å². The van der Waals surface area contributed by atoms with Crippen molar-refractivity contribution in [2.45, 2.75) is 19.8 Å². The van der Waals surface area contributed by atoms with Gasteiger partial charge in [-0.2, -0.15) is 0 Å². The summed E-state index contributed by atoms with van der Waals surface area (Å²) in [5.41, 5.74) is 0.804. The van der Waals surface area contributed by atoms with Gasteiger partial charge in [0, 0.05) is 5.69 Å². The third kappa shape index (κ3) is 2.47. The molecule has 6 nitrogen and oxygen atoms in total. The number of carbonyl (C=O) groups is 2. The fraction of sp³-hybridized carbons (Fsp3) is 0.300. The SMILES string of the molecule is Cc1cccc(NC2OC(=O)CC(=O)O2)n1. The molecule has 0 atom stereocenters. The minimum Gasteiger partial charge on any atom is -0.406 e. The normalized spacial score (nSPS) is 16.6. The van der Waals surface area contributed by atoms with Crippen LogP contribution in [0.4, 0.5) is 5.82 Å². The number of hydrogen-bond donors (Lipinski definition) is 1. The lowest BCUT2D eigenvalue weighted by Gasteiger charge is -2.22. The molecule has 0 amide bonds. The Morgan fingerprint density at radius 2 is 2.00 bits per heavy atom. The molecule has 1 saturated heterocycles. The summed E-state index contributed by atoms with van der Waals surface area (Å²) in [6, 6.07) is 5.30. The molecule has 2 rings (SSSR count). The Balaban J connectivity index is 2.04. The fourth-order valence-corrected chi connectivity index (χ4v) is 1.27. The lowest BCUT2D eigenvalue weighted by Crippen LogP contribution is -2.37. The highest BCUT2D eigenvalue weighted by Gasteiger charge is 2.27. The van der Waals surface area contributed by atoms with Crippen molar-refractivity contribution in [3.05, 3.63) is 23.9 Å². The molecule has 1 fully saturated rings. The van der Waals surface area contributed by atoms with E-state index in [0.717, 1.165) is 5.69 Å². The van der Waals surface area contributed by atoms with Crippen LogP contribution in [0.15, 0.2) is 18.2 Å². The van der Waals surface area contributed by atoms with Crippen LogP contribution in [0, 0.1) is 6.92 Å². The Morgan fingerprint density at radius 3 is 2.62 bits per heavy atom. The number of nitrogens with zero attached hydrogens (tertiary/aromatic N) is 1. The molecule has 6 heteroatoms. The van der Waals surface area contributed by atoms with Gasteiger partial charge in [0.1, 0.15) is 12.2 Å². The zero-order valence-corrected chi connectivity index (χ0v) is 8.60. The minimum atomic E-state index is -1.09. The second-order valence-electron chi connectivity index (χ2n) is 3.30. The van der Waals surface area contributed by atoms with Crippen molar-refractivity contribution in [1.29, 1.82) is 0 Å². The number of aryl methyl sites for hydroxylation is 1.